The van der Waals surface area contributed by atoms with E-state index in [4.69, 9.17) is 5.73 Å². The quantitative estimate of drug-likeness (QED) is 0.847. The van der Waals surface area contributed by atoms with Crippen LogP contribution in [0.3, 0.4) is 0 Å². The van der Waals surface area contributed by atoms with Gasteiger partial charge in [0.1, 0.15) is 11.4 Å². The van der Waals surface area contributed by atoms with Crippen LogP contribution in [0, 0.1) is 11.2 Å². The monoisotopic (exact) mass is 383 g/mol. The highest BCUT2D eigenvalue weighted by Crippen LogP contribution is 2.47. The van der Waals surface area contributed by atoms with Gasteiger partial charge in [0.15, 0.2) is 5.96 Å². The number of hydrogen-bond acceptors (Lipinski definition) is 5. The maximum Gasteiger partial charge on any atom is 0.237 e. The topological polar surface area (TPSA) is 83.6 Å². The van der Waals surface area contributed by atoms with E-state index in [0.717, 1.165) is 5.69 Å². The van der Waals surface area contributed by atoms with Gasteiger partial charge < -0.3 is 11.1 Å². The second kappa shape index (κ2) is 6.89. The molecule has 2 unspecified atom stereocenters. The molecule has 7 heteroatoms. The number of pyridine rings is 1. The first-order valence-corrected chi connectivity index (χ1v) is 9.19. The number of nitrogens with one attached hydrogen (secondary N) is 1. The summed E-state index contributed by atoms with van der Waals surface area (Å²) >= 11 is 0. The Morgan fingerprint density at radius 3 is 2.57 bits per heavy atom. The molecule has 0 saturated carbocycles. The van der Waals surface area contributed by atoms with Gasteiger partial charge in [0.05, 0.1) is 17.2 Å². The summed E-state index contributed by atoms with van der Waals surface area (Å²) in [6, 6.07) is 10.4. The first kappa shape index (κ1) is 19.8. The van der Waals surface area contributed by atoms with Crippen molar-refractivity contribution < 1.29 is 9.18 Å². The molecule has 0 spiro atoms. The van der Waals surface area contributed by atoms with Crippen LogP contribution in [0.15, 0.2) is 47.6 Å². The van der Waals surface area contributed by atoms with E-state index < -0.39 is 16.8 Å². The molecule has 2 heterocycles. The van der Waals surface area contributed by atoms with Crippen LogP contribution in [0.4, 0.5) is 10.1 Å². The molecule has 1 amide bonds. The molecule has 1 aliphatic heterocycles. The smallest absolute Gasteiger partial charge is 0.237 e. The Labute approximate surface area is 164 Å². The van der Waals surface area contributed by atoms with Crippen molar-refractivity contribution >= 4 is 17.6 Å². The molecule has 0 fully saturated rings. The van der Waals surface area contributed by atoms with Crippen molar-refractivity contribution in [3.63, 3.8) is 0 Å². The lowest BCUT2D eigenvalue weighted by molar-refractivity contribution is -0.140. The van der Waals surface area contributed by atoms with Gasteiger partial charge in [-0.3, -0.25) is 14.7 Å². The Kier molecular flexibility index (Phi) is 4.87. The van der Waals surface area contributed by atoms with Gasteiger partial charge in [0.2, 0.25) is 5.91 Å². The minimum atomic E-state index is -1.14. The Morgan fingerprint density at radius 1 is 1.21 bits per heavy atom. The molecular weight excluding hydrogens is 357 g/mol. The zero-order valence-electron chi connectivity index (χ0n) is 16.8. The lowest BCUT2D eigenvalue weighted by Gasteiger charge is -2.46. The third kappa shape index (κ3) is 3.10. The van der Waals surface area contributed by atoms with Crippen molar-refractivity contribution in [3.8, 4) is 0 Å². The number of halogens is 1. The summed E-state index contributed by atoms with van der Waals surface area (Å²) < 4.78 is 14.9. The third-order valence-electron chi connectivity index (χ3n) is 5.74. The number of amides is 1. The van der Waals surface area contributed by atoms with Gasteiger partial charge in [0, 0.05) is 24.5 Å². The second-order valence-electron chi connectivity index (χ2n) is 7.85. The maximum atomic E-state index is 14.9. The summed E-state index contributed by atoms with van der Waals surface area (Å²) in [4.78, 5) is 23.0. The summed E-state index contributed by atoms with van der Waals surface area (Å²) in [6.07, 6.45) is 1.73. The molecule has 28 heavy (non-hydrogen) atoms. The van der Waals surface area contributed by atoms with Crippen LogP contribution in [0.2, 0.25) is 0 Å². The van der Waals surface area contributed by atoms with E-state index in [1.807, 2.05) is 25.1 Å². The molecule has 1 aliphatic rings. The lowest BCUT2D eigenvalue weighted by atomic mass is 9.67. The van der Waals surface area contributed by atoms with Crippen molar-refractivity contribution in [3.05, 3.63) is 59.7 Å². The van der Waals surface area contributed by atoms with Crippen molar-refractivity contribution in [1.82, 2.24) is 9.88 Å². The average Bonchev–Trinajstić information content (AvgIpc) is 2.67. The van der Waals surface area contributed by atoms with Crippen molar-refractivity contribution in [2.45, 2.75) is 39.3 Å². The fraction of sp³-hybridized carbons (Fsp3) is 0.381. The number of aliphatic imine (C=N–C) groups is 1. The number of benzene rings is 1. The minimum Gasteiger partial charge on any atom is -0.377 e. The van der Waals surface area contributed by atoms with Gasteiger partial charge in [-0.1, -0.05) is 6.07 Å². The molecule has 6 nitrogen and oxygen atoms in total. The van der Waals surface area contributed by atoms with Crippen molar-refractivity contribution in [2.24, 2.45) is 16.1 Å². The molecule has 0 aliphatic carbocycles. The van der Waals surface area contributed by atoms with Crippen molar-refractivity contribution in [2.75, 3.05) is 12.4 Å². The molecule has 0 saturated heterocycles. The van der Waals surface area contributed by atoms with E-state index in [9.17, 15) is 9.18 Å². The number of carbonyl (C=O) groups is 1. The van der Waals surface area contributed by atoms with Crippen LogP contribution >= 0.6 is 0 Å². The Morgan fingerprint density at radius 2 is 1.93 bits per heavy atom. The van der Waals surface area contributed by atoms with Crippen molar-refractivity contribution in [1.29, 1.82) is 0 Å². The summed E-state index contributed by atoms with van der Waals surface area (Å²) in [5.41, 5.74) is 5.74. The molecule has 2 aromatic rings. The van der Waals surface area contributed by atoms with Crippen LogP contribution in [0.1, 0.15) is 45.0 Å². The number of carbonyl (C=O) groups excluding carboxylic acids is 1. The number of guanidine groups is 1. The highest BCUT2D eigenvalue weighted by atomic mass is 19.1. The molecule has 0 radical (unpaired) electrons. The van der Waals surface area contributed by atoms with Crippen LogP contribution < -0.4 is 11.1 Å². The normalized spacial score (nSPS) is 22.6. The van der Waals surface area contributed by atoms with Gasteiger partial charge in [0.25, 0.3) is 0 Å². The fourth-order valence-corrected chi connectivity index (χ4v) is 3.52. The number of rotatable bonds is 4. The molecule has 3 N–H and O–H groups in total. The Hall–Kier alpha value is -2.96. The molecule has 0 bridgehead atoms. The summed E-state index contributed by atoms with van der Waals surface area (Å²) in [5.74, 6) is -0.561. The predicted octanol–water partition coefficient (Wildman–Crippen LogP) is 3.42. The number of hydrogen-bond donors (Lipinski definition) is 2. The Bertz CT molecular complexity index is 928. The van der Waals surface area contributed by atoms with Gasteiger partial charge in [-0.25, -0.2) is 9.38 Å². The van der Waals surface area contributed by atoms with E-state index in [1.54, 1.807) is 46.1 Å². The summed E-state index contributed by atoms with van der Waals surface area (Å²) in [5, 5.41) is 3.34. The molecule has 3 rings (SSSR count). The summed E-state index contributed by atoms with van der Waals surface area (Å²) in [6.45, 7) is 7.25. The van der Waals surface area contributed by atoms with Crippen LogP contribution in [-0.4, -0.2) is 28.8 Å². The highest BCUT2D eigenvalue weighted by Gasteiger charge is 2.53. The number of anilines is 1. The molecule has 1 aromatic carbocycles. The van der Waals surface area contributed by atoms with E-state index in [-0.39, 0.29) is 17.9 Å². The van der Waals surface area contributed by atoms with Crippen LogP contribution in [0.25, 0.3) is 0 Å². The molecule has 2 atom stereocenters. The van der Waals surface area contributed by atoms with Crippen LogP contribution in [0.5, 0.6) is 0 Å². The van der Waals surface area contributed by atoms with E-state index >= 15 is 0 Å². The third-order valence-corrected chi connectivity index (χ3v) is 5.74. The second-order valence-corrected chi connectivity index (χ2v) is 7.85. The van der Waals surface area contributed by atoms with Crippen LogP contribution in [-0.2, 0) is 10.3 Å². The highest BCUT2D eigenvalue weighted by molar-refractivity contribution is 6.01. The fourth-order valence-electron chi connectivity index (χ4n) is 3.52. The first-order valence-electron chi connectivity index (χ1n) is 9.19. The SMILES string of the molecule is CC(Nc1ccc(F)c(C2(C)N=C(N)N(C)C(=O)C2(C)C)c1)c1ccccn1. The van der Waals surface area contributed by atoms with Gasteiger partial charge in [-0.05, 0) is 58.0 Å². The largest absolute Gasteiger partial charge is 0.377 e. The van der Waals surface area contributed by atoms with E-state index in [2.05, 4.69) is 15.3 Å². The maximum absolute atomic E-state index is 14.9. The minimum absolute atomic E-state index is 0.0754. The standard InChI is InChI=1S/C21H26FN5O/c1-13(17-8-6-7-11-24-17)25-14-9-10-16(22)15(12-14)21(4)20(2,3)18(28)27(5)19(23)26-21/h6-13,25H,1-5H3,(H2,23,26). The zero-order valence-corrected chi connectivity index (χ0v) is 16.8. The zero-order chi connectivity index (χ0) is 20.7. The molecule has 148 valence electrons. The molecule has 1 aromatic heterocycles. The number of nitrogens with two attached hydrogens (primary N) is 1. The van der Waals surface area contributed by atoms with E-state index in [1.165, 1.54) is 11.0 Å². The summed E-state index contributed by atoms with van der Waals surface area (Å²) in [7, 11) is 1.57. The van der Waals surface area contributed by atoms with Gasteiger partial charge in [-0.15, -0.1) is 0 Å². The molecular formula is C21H26FN5O. The van der Waals surface area contributed by atoms with Gasteiger partial charge >= 0.3 is 0 Å². The number of aromatic nitrogens is 1. The van der Waals surface area contributed by atoms with Gasteiger partial charge in [-0.2, -0.15) is 0 Å². The number of nitrogens with zero attached hydrogens (tertiary/aromatic N) is 3. The average molecular weight is 383 g/mol. The Balaban J connectivity index is 2.03. The van der Waals surface area contributed by atoms with E-state index in [0.29, 0.717) is 11.3 Å². The first-order chi connectivity index (χ1) is 13.1. The predicted molar refractivity (Wildman–Crippen MR) is 108 cm³/mol. The lowest BCUT2D eigenvalue weighted by Crippen LogP contribution is -2.58.